The second-order valence-electron chi connectivity index (χ2n) is 5.07. The minimum absolute atomic E-state index is 0.00247. The quantitative estimate of drug-likeness (QED) is 0.637. The Morgan fingerprint density at radius 3 is 2.71 bits per heavy atom. The monoisotopic (exact) mass is 342 g/mol. The van der Waals surface area contributed by atoms with Gasteiger partial charge >= 0.3 is 0 Å². The third kappa shape index (κ3) is 2.87. The molecule has 3 aromatic rings. The summed E-state index contributed by atoms with van der Waals surface area (Å²) in [5.74, 6) is -0.901. The number of phenols is 1. The second-order valence-corrected chi connectivity index (χ2v) is 5.48. The normalized spacial score (nSPS) is 10.5. The highest BCUT2D eigenvalue weighted by atomic mass is 35.5. The van der Waals surface area contributed by atoms with Gasteiger partial charge in [-0.15, -0.1) is 0 Å². The van der Waals surface area contributed by atoms with Crippen LogP contribution in [0.5, 0.6) is 5.75 Å². The first-order chi connectivity index (χ1) is 11.5. The van der Waals surface area contributed by atoms with Crippen LogP contribution < -0.4 is 10.9 Å². The summed E-state index contributed by atoms with van der Waals surface area (Å²) in [6.07, 6.45) is 2.06. The SMILES string of the molecule is O=Cc1ccc(C(=O)Nc2cc3cc[nH]c(=O)c3cc2Cl)c(O)c1. The summed E-state index contributed by atoms with van der Waals surface area (Å²) < 4.78 is 0. The van der Waals surface area contributed by atoms with Gasteiger partial charge in [0, 0.05) is 17.1 Å². The minimum atomic E-state index is -0.587. The molecule has 6 nitrogen and oxygen atoms in total. The summed E-state index contributed by atoms with van der Waals surface area (Å²) in [7, 11) is 0. The van der Waals surface area contributed by atoms with Crippen LogP contribution in [-0.2, 0) is 0 Å². The van der Waals surface area contributed by atoms with Gasteiger partial charge in [-0.1, -0.05) is 17.7 Å². The molecule has 0 atom stereocenters. The number of aromatic amines is 1. The van der Waals surface area contributed by atoms with Crippen molar-refractivity contribution in [1.82, 2.24) is 4.98 Å². The molecule has 3 N–H and O–H groups in total. The first-order valence-corrected chi connectivity index (χ1v) is 7.28. The number of carbonyl (C=O) groups is 2. The number of rotatable bonds is 3. The number of phenolic OH excluding ortho intramolecular Hbond substituents is 1. The van der Waals surface area contributed by atoms with Gasteiger partial charge in [0.1, 0.15) is 12.0 Å². The molecule has 0 aliphatic rings. The highest BCUT2D eigenvalue weighted by Crippen LogP contribution is 2.28. The molecule has 1 amide bonds. The average Bonchev–Trinajstić information content (AvgIpc) is 2.56. The predicted octanol–water partition coefficient (Wildman–Crippen LogP) is 2.95. The molecule has 1 aromatic heterocycles. The van der Waals surface area contributed by atoms with E-state index in [2.05, 4.69) is 10.3 Å². The molecule has 0 bridgehead atoms. The van der Waals surface area contributed by atoms with Crippen LogP contribution in [0, 0.1) is 0 Å². The van der Waals surface area contributed by atoms with E-state index in [1.807, 2.05) is 0 Å². The summed E-state index contributed by atoms with van der Waals surface area (Å²) in [6.45, 7) is 0. The molecule has 0 unspecified atom stereocenters. The Kier molecular flexibility index (Phi) is 4.05. The molecule has 0 saturated carbocycles. The lowest BCUT2D eigenvalue weighted by Gasteiger charge is -2.10. The molecular weight excluding hydrogens is 332 g/mol. The number of nitrogens with one attached hydrogen (secondary N) is 2. The first kappa shape index (κ1) is 15.8. The smallest absolute Gasteiger partial charge is 0.259 e. The molecule has 0 spiro atoms. The molecule has 0 aliphatic heterocycles. The Bertz CT molecular complexity index is 1030. The van der Waals surface area contributed by atoms with E-state index < -0.39 is 5.91 Å². The molecule has 120 valence electrons. The molecule has 2 aromatic carbocycles. The Morgan fingerprint density at radius 1 is 1.21 bits per heavy atom. The summed E-state index contributed by atoms with van der Waals surface area (Å²) in [4.78, 5) is 37.2. The van der Waals surface area contributed by atoms with Gasteiger partial charge in [0.2, 0.25) is 0 Å². The van der Waals surface area contributed by atoms with Crippen LogP contribution in [0.3, 0.4) is 0 Å². The fourth-order valence-corrected chi connectivity index (χ4v) is 2.52. The van der Waals surface area contributed by atoms with Crippen LogP contribution in [0.25, 0.3) is 10.8 Å². The maximum absolute atomic E-state index is 12.3. The third-order valence-corrected chi connectivity index (χ3v) is 3.82. The van der Waals surface area contributed by atoms with Crippen LogP contribution in [-0.4, -0.2) is 22.3 Å². The molecule has 3 rings (SSSR count). The lowest BCUT2D eigenvalue weighted by molar-refractivity contribution is 0.102. The van der Waals surface area contributed by atoms with Gasteiger partial charge in [-0.2, -0.15) is 0 Å². The van der Waals surface area contributed by atoms with Crippen LogP contribution in [0.1, 0.15) is 20.7 Å². The summed E-state index contributed by atoms with van der Waals surface area (Å²) >= 11 is 6.12. The maximum atomic E-state index is 12.3. The highest BCUT2D eigenvalue weighted by Gasteiger charge is 2.14. The predicted molar refractivity (Wildman–Crippen MR) is 91.0 cm³/mol. The van der Waals surface area contributed by atoms with E-state index in [1.165, 1.54) is 30.5 Å². The summed E-state index contributed by atoms with van der Waals surface area (Å²) in [5.41, 5.74) is 0.280. The van der Waals surface area contributed by atoms with Crippen molar-refractivity contribution >= 4 is 40.3 Å². The van der Waals surface area contributed by atoms with Gasteiger partial charge in [-0.25, -0.2) is 0 Å². The number of aromatic hydroxyl groups is 1. The number of aromatic nitrogens is 1. The Labute approximate surface area is 140 Å². The Morgan fingerprint density at radius 2 is 2.00 bits per heavy atom. The van der Waals surface area contributed by atoms with Gasteiger partial charge in [0.25, 0.3) is 11.5 Å². The third-order valence-electron chi connectivity index (χ3n) is 3.51. The molecule has 24 heavy (non-hydrogen) atoms. The maximum Gasteiger partial charge on any atom is 0.259 e. The number of anilines is 1. The van der Waals surface area contributed by atoms with Gasteiger partial charge in [0.05, 0.1) is 16.3 Å². The molecular formula is C17H11ClN2O4. The van der Waals surface area contributed by atoms with Crippen molar-refractivity contribution in [3.63, 3.8) is 0 Å². The second kappa shape index (κ2) is 6.17. The fourth-order valence-electron chi connectivity index (χ4n) is 2.31. The van der Waals surface area contributed by atoms with E-state index in [9.17, 15) is 19.5 Å². The minimum Gasteiger partial charge on any atom is -0.507 e. The van der Waals surface area contributed by atoms with Crippen LogP contribution >= 0.6 is 11.6 Å². The van der Waals surface area contributed by atoms with Crippen molar-refractivity contribution in [3.8, 4) is 5.75 Å². The van der Waals surface area contributed by atoms with E-state index >= 15 is 0 Å². The zero-order valence-electron chi connectivity index (χ0n) is 12.2. The number of hydrogen-bond donors (Lipinski definition) is 3. The number of pyridine rings is 1. The molecule has 0 radical (unpaired) electrons. The fraction of sp³-hybridized carbons (Fsp3) is 0. The topological polar surface area (TPSA) is 99.3 Å². The summed E-state index contributed by atoms with van der Waals surface area (Å²) in [6, 6.07) is 8.67. The van der Waals surface area contributed by atoms with Crippen molar-refractivity contribution in [3.05, 3.63) is 69.1 Å². The van der Waals surface area contributed by atoms with Crippen molar-refractivity contribution in [2.45, 2.75) is 0 Å². The molecule has 0 aliphatic carbocycles. The summed E-state index contributed by atoms with van der Waals surface area (Å²) in [5, 5.41) is 13.6. The average molecular weight is 343 g/mol. The molecule has 7 heteroatoms. The molecule has 0 saturated heterocycles. The van der Waals surface area contributed by atoms with Gasteiger partial charge in [-0.3, -0.25) is 14.4 Å². The van der Waals surface area contributed by atoms with Gasteiger partial charge in [-0.05, 0) is 35.7 Å². The number of amides is 1. The van der Waals surface area contributed by atoms with Gasteiger partial charge < -0.3 is 15.4 Å². The van der Waals surface area contributed by atoms with E-state index in [0.717, 1.165) is 0 Å². The van der Waals surface area contributed by atoms with Crippen molar-refractivity contribution in [1.29, 1.82) is 0 Å². The zero-order valence-corrected chi connectivity index (χ0v) is 12.9. The van der Waals surface area contributed by atoms with Crippen molar-refractivity contribution in [2.24, 2.45) is 0 Å². The lowest BCUT2D eigenvalue weighted by Crippen LogP contribution is -2.13. The number of fused-ring (bicyclic) bond motifs is 1. The van der Waals surface area contributed by atoms with Crippen LogP contribution in [0.2, 0.25) is 5.02 Å². The lowest BCUT2D eigenvalue weighted by atomic mass is 10.1. The molecule has 0 fully saturated rings. The number of H-pyrrole nitrogens is 1. The number of hydrogen-bond acceptors (Lipinski definition) is 4. The van der Waals surface area contributed by atoms with Gasteiger partial charge in [0.15, 0.2) is 0 Å². The van der Waals surface area contributed by atoms with E-state index in [-0.39, 0.29) is 27.5 Å². The highest BCUT2D eigenvalue weighted by molar-refractivity contribution is 6.34. The number of benzene rings is 2. The van der Waals surface area contributed by atoms with E-state index in [1.54, 1.807) is 12.1 Å². The number of halogens is 1. The first-order valence-electron chi connectivity index (χ1n) is 6.90. The standard InChI is InChI=1S/C17H11ClN2O4/c18-13-7-12-10(3-4-19-16(12)23)6-14(13)20-17(24)11-2-1-9(8-21)5-15(11)22/h1-8,22H,(H,19,23)(H,20,24). The van der Waals surface area contributed by atoms with Crippen LogP contribution in [0.4, 0.5) is 5.69 Å². The van der Waals surface area contributed by atoms with Crippen molar-refractivity contribution < 1.29 is 14.7 Å². The van der Waals surface area contributed by atoms with Crippen LogP contribution in [0.15, 0.2) is 47.4 Å². The van der Waals surface area contributed by atoms with E-state index in [4.69, 9.17) is 11.6 Å². The van der Waals surface area contributed by atoms with E-state index in [0.29, 0.717) is 22.7 Å². The number of carbonyl (C=O) groups excluding carboxylic acids is 2. The van der Waals surface area contributed by atoms with Crippen molar-refractivity contribution in [2.75, 3.05) is 5.32 Å². The molecule has 1 heterocycles. The zero-order chi connectivity index (χ0) is 17.3. The largest absolute Gasteiger partial charge is 0.507 e. The Hall–Kier alpha value is -3.12. The Balaban J connectivity index is 1.97. The number of aldehydes is 1.